The predicted octanol–water partition coefficient (Wildman–Crippen LogP) is 4.91. The molecule has 0 heterocycles. The topological polar surface area (TPSA) is 70.6 Å². The second-order valence-electron chi connectivity index (χ2n) is 6.41. The molecule has 1 amide bonds. The Bertz CT molecular complexity index is 878. The zero-order valence-corrected chi connectivity index (χ0v) is 17.7. The number of halogens is 4. The van der Waals surface area contributed by atoms with Gasteiger partial charge in [0.25, 0.3) is 5.91 Å². The van der Waals surface area contributed by atoms with E-state index in [-0.39, 0.29) is 34.9 Å². The second kappa shape index (κ2) is 8.48. The molecule has 9 heteroatoms. The van der Waals surface area contributed by atoms with Crippen molar-refractivity contribution in [3.63, 3.8) is 0 Å². The average molecular weight is 525 g/mol. The van der Waals surface area contributed by atoms with Gasteiger partial charge in [-0.1, -0.05) is 23.2 Å². The third-order valence-corrected chi connectivity index (χ3v) is 5.72. The van der Waals surface area contributed by atoms with Crippen molar-refractivity contribution in [2.75, 3.05) is 18.5 Å². The number of nitrogens with one attached hydrogen (secondary N) is 2. The van der Waals surface area contributed by atoms with Crippen LogP contribution in [-0.4, -0.2) is 24.2 Å². The van der Waals surface area contributed by atoms with Gasteiger partial charge in [-0.15, -0.1) is 0 Å². The van der Waals surface area contributed by atoms with Crippen LogP contribution in [-0.2, 0) is 4.84 Å². The molecule has 0 atom stereocenters. The lowest BCUT2D eigenvalue weighted by molar-refractivity contribution is -0.0000224. The molecule has 2 aromatic rings. The molecule has 1 aliphatic carbocycles. The molecule has 1 aliphatic rings. The van der Waals surface area contributed by atoms with E-state index >= 15 is 0 Å². The average Bonchev–Trinajstić information content (AvgIpc) is 3.41. The molecular weight excluding hydrogens is 509 g/mol. The highest BCUT2D eigenvalue weighted by atomic mass is 127. The zero-order chi connectivity index (χ0) is 19.6. The molecule has 0 unspecified atom stereocenters. The number of benzene rings is 2. The summed E-state index contributed by atoms with van der Waals surface area (Å²) in [4.78, 5) is 17.7. The molecule has 1 saturated carbocycles. The fourth-order valence-corrected chi connectivity index (χ4v) is 3.54. The van der Waals surface area contributed by atoms with Crippen LogP contribution in [0.15, 0.2) is 30.3 Å². The molecule has 0 aromatic heterocycles. The van der Waals surface area contributed by atoms with Crippen LogP contribution < -0.4 is 10.8 Å². The van der Waals surface area contributed by atoms with Gasteiger partial charge in [-0.25, -0.2) is 9.87 Å². The summed E-state index contributed by atoms with van der Waals surface area (Å²) in [6.45, 7) is 0.208. The number of amides is 1. The summed E-state index contributed by atoms with van der Waals surface area (Å²) < 4.78 is 14.9. The van der Waals surface area contributed by atoms with E-state index in [9.17, 15) is 14.3 Å². The smallest absolute Gasteiger partial charge is 0.277 e. The summed E-state index contributed by atoms with van der Waals surface area (Å²) in [5.41, 5.74) is 2.72. The zero-order valence-electron chi connectivity index (χ0n) is 14.0. The van der Waals surface area contributed by atoms with Crippen LogP contribution in [0, 0.1) is 14.8 Å². The number of hydrogen-bond acceptors (Lipinski definition) is 4. The highest BCUT2D eigenvalue weighted by Crippen LogP contribution is 2.45. The minimum absolute atomic E-state index is 0.00333. The lowest BCUT2D eigenvalue weighted by Crippen LogP contribution is -2.28. The second-order valence-corrected chi connectivity index (χ2v) is 8.44. The minimum Gasteiger partial charge on any atom is -0.396 e. The van der Waals surface area contributed by atoms with E-state index in [2.05, 4.69) is 33.4 Å². The van der Waals surface area contributed by atoms with Crippen LogP contribution in [0.4, 0.5) is 15.8 Å². The summed E-state index contributed by atoms with van der Waals surface area (Å²) in [5, 5.41) is 12.4. The van der Waals surface area contributed by atoms with Crippen molar-refractivity contribution in [3.8, 4) is 0 Å². The SMILES string of the molecule is O=C(NOCC1(CO)CC1)c1ccc(F)c(Cl)c1Nc1ccc(I)cc1Cl. The van der Waals surface area contributed by atoms with Crippen LogP contribution in [0.3, 0.4) is 0 Å². The normalized spacial score (nSPS) is 14.7. The first-order valence-corrected chi connectivity index (χ1v) is 9.92. The van der Waals surface area contributed by atoms with Gasteiger partial charge in [-0.3, -0.25) is 9.63 Å². The summed E-state index contributed by atoms with van der Waals surface area (Å²) >= 11 is 14.4. The quantitative estimate of drug-likeness (QED) is 0.355. The number of hydroxylamine groups is 1. The lowest BCUT2D eigenvalue weighted by atomic mass is 10.1. The Balaban J connectivity index is 1.80. The van der Waals surface area contributed by atoms with Crippen LogP contribution >= 0.6 is 45.8 Å². The van der Waals surface area contributed by atoms with Gasteiger partial charge in [0, 0.05) is 8.99 Å². The largest absolute Gasteiger partial charge is 0.396 e. The molecular formula is C18H16Cl2FIN2O3. The Kier molecular flexibility index (Phi) is 6.47. The number of carbonyl (C=O) groups excluding carboxylic acids is 1. The molecule has 3 N–H and O–H groups in total. The highest BCUT2D eigenvalue weighted by molar-refractivity contribution is 14.1. The maximum absolute atomic E-state index is 14.0. The van der Waals surface area contributed by atoms with Gasteiger partial charge in [0.05, 0.1) is 35.2 Å². The Labute approximate surface area is 179 Å². The Hall–Kier alpha value is -1.13. The summed E-state index contributed by atoms with van der Waals surface area (Å²) in [6, 6.07) is 7.66. The summed E-state index contributed by atoms with van der Waals surface area (Å²) in [6.07, 6.45) is 1.69. The van der Waals surface area contributed by atoms with Crippen LogP contribution in [0.25, 0.3) is 0 Å². The molecule has 0 aliphatic heterocycles. The predicted molar refractivity (Wildman–Crippen MR) is 111 cm³/mol. The molecule has 2 aromatic carbocycles. The number of aliphatic hydroxyl groups excluding tert-OH is 1. The van der Waals surface area contributed by atoms with Crippen molar-refractivity contribution in [3.05, 3.63) is 55.3 Å². The summed E-state index contributed by atoms with van der Waals surface area (Å²) in [5.74, 6) is -1.26. The van der Waals surface area contributed by atoms with E-state index in [0.717, 1.165) is 22.5 Å². The van der Waals surface area contributed by atoms with E-state index < -0.39 is 11.7 Å². The molecule has 0 saturated heterocycles. The third kappa shape index (κ3) is 4.83. The van der Waals surface area contributed by atoms with Crippen LogP contribution in [0.1, 0.15) is 23.2 Å². The van der Waals surface area contributed by atoms with Crippen LogP contribution in [0.2, 0.25) is 10.0 Å². The fraction of sp³-hybridized carbons (Fsp3) is 0.278. The number of aliphatic hydroxyl groups is 1. The molecule has 0 radical (unpaired) electrons. The standard InChI is InChI=1S/C18H16Cl2FIN2O3/c19-12-7-10(22)1-4-14(12)23-16-11(2-3-13(21)15(16)20)17(26)24-27-9-18(8-25)5-6-18/h1-4,7,23,25H,5-6,8-9H2,(H,24,26). The third-order valence-electron chi connectivity index (χ3n) is 4.37. The maximum Gasteiger partial charge on any atom is 0.277 e. The molecule has 144 valence electrons. The molecule has 0 spiro atoms. The van der Waals surface area contributed by atoms with E-state index in [4.69, 9.17) is 28.0 Å². The first kappa shape index (κ1) is 20.6. The summed E-state index contributed by atoms with van der Waals surface area (Å²) in [7, 11) is 0. The lowest BCUT2D eigenvalue weighted by Gasteiger charge is -2.16. The van der Waals surface area contributed by atoms with Crippen molar-refractivity contribution >= 4 is 63.1 Å². The van der Waals surface area contributed by atoms with E-state index in [0.29, 0.717) is 10.7 Å². The number of carbonyl (C=O) groups is 1. The van der Waals surface area contributed by atoms with Crippen molar-refractivity contribution in [2.24, 2.45) is 5.41 Å². The number of hydrogen-bond donors (Lipinski definition) is 3. The van der Waals surface area contributed by atoms with Crippen LogP contribution in [0.5, 0.6) is 0 Å². The first-order valence-electron chi connectivity index (χ1n) is 8.08. The number of anilines is 2. The van der Waals surface area contributed by atoms with Crippen molar-refractivity contribution < 1.29 is 19.1 Å². The van der Waals surface area contributed by atoms with E-state index in [1.54, 1.807) is 12.1 Å². The van der Waals surface area contributed by atoms with E-state index in [1.165, 1.54) is 6.07 Å². The fourth-order valence-electron chi connectivity index (χ4n) is 2.42. The molecule has 0 bridgehead atoms. The van der Waals surface area contributed by atoms with E-state index in [1.807, 2.05) is 6.07 Å². The Morgan fingerprint density at radius 2 is 2.04 bits per heavy atom. The van der Waals surface area contributed by atoms with Gasteiger partial charge in [0.2, 0.25) is 0 Å². The Morgan fingerprint density at radius 3 is 2.67 bits per heavy atom. The number of rotatable bonds is 7. The monoisotopic (exact) mass is 524 g/mol. The highest BCUT2D eigenvalue weighted by Gasteiger charge is 2.42. The molecule has 5 nitrogen and oxygen atoms in total. The Morgan fingerprint density at radius 1 is 1.30 bits per heavy atom. The molecule has 3 rings (SSSR count). The first-order chi connectivity index (χ1) is 12.8. The van der Waals surface area contributed by atoms with Crippen molar-refractivity contribution in [1.82, 2.24) is 5.48 Å². The van der Waals surface area contributed by atoms with Gasteiger partial charge in [0.15, 0.2) is 0 Å². The van der Waals surface area contributed by atoms with Crippen molar-refractivity contribution in [2.45, 2.75) is 12.8 Å². The van der Waals surface area contributed by atoms with Crippen molar-refractivity contribution in [1.29, 1.82) is 0 Å². The van der Waals surface area contributed by atoms with Gasteiger partial charge >= 0.3 is 0 Å². The van der Waals surface area contributed by atoms with Gasteiger partial charge in [-0.05, 0) is 65.8 Å². The molecule has 1 fully saturated rings. The molecule has 27 heavy (non-hydrogen) atoms. The maximum atomic E-state index is 14.0. The van der Waals surface area contributed by atoms with Gasteiger partial charge in [0.1, 0.15) is 10.8 Å². The minimum atomic E-state index is -0.671. The van der Waals surface area contributed by atoms with Gasteiger partial charge in [-0.2, -0.15) is 0 Å². The van der Waals surface area contributed by atoms with Gasteiger partial charge < -0.3 is 10.4 Å².